The second-order valence-electron chi connectivity index (χ2n) is 3.98. The number of urea groups is 1. The quantitative estimate of drug-likeness (QED) is 0.699. The Labute approximate surface area is 112 Å². The second-order valence-corrected chi connectivity index (χ2v) is 5.54. The number of nitrogens with one attached hydrogen (secondary N) is 2. The maximum Gasteiger partial charge on any atom is 0.315 e. The molecule has 2 amide bonds. The lowest BCUT2D eigenvalue weighted by atomic mass is 10.1. The number of carbonyl (C=O) groups excluding carboxylic acids is 1. The van der Waals surface area contributed by atoms with E-state index in [0.29, 0.717) is 12.1 Å². The van der Waals surface area contributed by atoms with Crippen LogP contribution in [0, 0.1) is 0 Å². The molecule has 6 nitrogen and oxygen atoms in total. The van der Waals surface area contributed by atoms with Crippen LogP contribution in [0.25, 0.3) is 0 Å². The summed E-state index contributed by atoms with van der Waals surface area (Å²) in [6.07, 6.45) is 1.56. The number of nitrogens with two attached hydrogens (primary N) is 1. The molecular formula is C12H17N3O3S. The van der Waals surface area contributed by atoms with E-state index >= 15 is 0 Å². The van der Waals surface area contributed by atoms with E-state index in [4.69, 9.17) is 5.14 Å². The van der Waals surface area contributed by atoms with E-state index in [2.05, 4.69) is 17.2 Å². The monoisotopic (exact) mass is 283 g/mol. The van der Waals surface area contributed by atoms with Crippen LogP contribution in [0.1, 0.15) is 18.5 Å². The molecule has 0 radical (unpaired) electrons. The molecule has 0 fully saturated rings. The average molecular weight is 283 g/mol. The molecule has 0 aliphatic heterocycles. The Balaban J connectivity index is 2.80. The summed E-state index contributed by atoms with van der Waals surface area (Å²) in [6.45, 7) is 5.59. The summed E-state index contributed by atoms with van der Waals surface area (Å²) in [5.41, 5.74) is 0.653. The van der Waals surface area contributed by atoms with Crippen molar-refractivity contribution in [3.8, 4) is 0 Å². The minimum Gasteiger partial charge on any atom is -0.335 e. The van der Waals surface area contributed by atoms with Gasteiger partial charge in [0.15, 0.2) is 0 Å². The Hall–Kier alpha value is -1.86. The predicted molar refractivity (Wildman–Crippen MR) is 73.0 cm³/mol. The number of benzene rings is 1. The van der Waals surface area contributed by atoms with Crippen molar-refractivity contribution in [3.05, 3.63) is 42.5 Å². The maximum atomic E-state index is 11.5. The molecule has 0 saturated heterocycles. The molecule has 1 aromatic carbocycles. The van der Waals surface area contributed by atoms with Crippen LogP contribution in [0.3, 0.4) is 0 Å². The van der Waals surface area contributed by atoms with Crippen molar-refractivity contribution in [1.29, 1.82) is 0 Å². The van der Waals surface area contributed by atoms with Crippen molar-refractivity contribution in [2.75, 3.05) is 6.54 Å². The average Bonchev–Trinajstić information content (AvgIpc) is 2.35. The maximum absolute atomic E-state index is 11.5. The lowest BCUT2D eigenvalue weighted by molar-refractivity contribution is 0.239. The predicted octanol–water partition coefficient (Wildman–Crippen LogP) is 0.880. The summed E-state index contributed by atoms with van der Waals surface area (Å²) < 4.78 is 22.5. The van der Waals surface area contributed by atoms with Crippen molar-refractivity contribution >= 4 is 16.1 Å². The first-order chi connectivity index (χ1) is 8.84. The SMILES string of the molecule is C=CCNC(=O)NC(C)c1cccc(S(N)(=O)=O)c1. The van der Waals surface area contributed by atoms with E-state index in [1.165, 1.54) is 12.1 Å². The molecule has 0 aliphatic carbocycles. The Morgan fingerprint density at radius 3 is 2.79 bits per heavy atom. The zero-order chi connectivity index (χ0) is 14.5. The van der Waals surface area contributed by atoms with Crippen LogP contribution >= 0.6 is 0 Å². The van der Waals surface area contributed by atoms with Gasteiger partial charge in [-0.15, -0.1) is 6.58 Å². The summed E-state index contributed by atoms with van der Waals surface area (Å²) in [5, 5.41) is 10.3. The molecule has 4 N–H and O–H groups in total. The fraction of sp³-hybridized carbons (Fsp3) is 0.250. The van der Waals surface area contributed by atoms with Crippen molar-refractivity contribution < 1.29 is 13.2 Å². The van der Waals surface area contributed by atoms with Crippen LogP contribution in [-0.2, 0) is 10.0 Å². The number of rotatable bonds is 5. The number of amides is 2. The topological polar surface area (TPSA) is 101 Å². The van der Waals surface area contributed by atoms with Gasteiger partial charge in [0.05, 0.1) is 10.9 Å². The summed E-state index contributed by atoms with van der Waals surface area (Å²) >= 11 is 0. The van der Waals surface area contributed by atoms with Gasteiger partial charge >= 0.3 is 6.03 Å². The zero-order valence-electron chi connectivity index (χ0n) is 10.6. The Morgan fingerprint density at radius 1 is 1.53 bits per heavy atom. The number of hydrogen-bond acceptors (Lipinski definition) is 3. The molecule has 1 unspecified atom stereocenters. The number of sulfonamides is 1. The normalized spacial score (nSPS) is 12.5. The molecule has 7 heteroatoms. The Morgan fingerprint density at radius 2 is 2.21 bits per heavy atom. The van der Waals surface area contributed by atoms with Crippen LogP contribution in [0.5, 0.6) is 0 Å². The summed E-state index contributed by atoms with van der Waals surface area (Å²) in [5.74, 6) is 0. The highest BCUT2D eigenvalue weighted by Crippen LogP contribution is 2.16. The number of hydrogen-bond donors (Lipinski definition) is 3. The van der Waals surface area contributed by atoms with Gasteiger partial charge in [0.25, 0.3) is 0 Å². The molecule has 0 saturated carbocycles. The van der Waals surface area contributed by atoms with Gasteiger partial charge in [0.1, 0.15) is 0 Å². The van der Waals surface area contributed by atoms with Crippen molar-refractivity contribution in [2.45, 2.75) is 17.9 Å². The van der Waals surface area contributed by atoms with E-state index in [-0.39, 0.29) is 17.0 Å². The second kappa shape index (κ2) is 6.35. The highest BCUT2D eigenvalue weighted by atomic mass is 32.2. The van der Waals surface area contributed by atoms with E-state index in [0.717, 1.165) is 0 Å². The molecule has 0 spiro atoms. The van der Waals surface area contributed by atoms with Crippen LogP contribution in [0.2, 0.25) is 0 Å². The van der Waals surface area contributed by atoms with E-state index < -0.39 is 10.0 Å². The molecule has 19 heavy (non-hydrogen) atoms. The van der Waals surface area contributed by atoms with Gasteiger partial charge in [-0.05, 0) is 24.6 Å². The first-order valence-electron chi connectivity index (χ1n) is 5.62. The van der Waals surface area contributed by atoms with Gasteiger partial charge in [-0.3, -0.25) is 0 Å². The smallest absolute Gasteiger partial charge is 0.315 e. The van der Waals surface area contributed by atoms with Crippen LogP contribution in [0.4, 0.5) is 4.79 Å². The lowest BCUT2D eigenvalue weighted by Gasteiger charge is -2.15. The third-order valence-electron chi connectivity index (χ3n) is 2.44. The van der Waals surface area contributed by atoms with Gasteiger partial charge in [0, 0.05) is 6.54 Å². The molecule has 1 atom stereocenters. The van der Waals surface area contributed by atoms with Gasteiger partial charge in [-0.2, -0.15) is 0 Å². The van der Waals surface area contributed by atoms with Gasteiger partial charge in [-0.25, -0.2) is 18.4 Å². The Kier molecular flexibility index (Phi) is 5.08. The summed E-state index contributed by atoms with van der Waals surface area (Å²) in [4.78, 5) is 11.5. The molecule has 1 aromatic rings. The fourth-order valence-electron chi connectivity index (χ4n) is 1.46. The van der Waals surface area contributed by atoms with Gasteiger partial charge in [-0.1, -0.05) is 18.2 Å². The van der Waals surface area contributed by atoms with E-state index in [9.17, 15) is 13.2 Å². The van der Waals surface area contributed by atoms with Crippen molar-refractivity contribution in [1.82, 2.24) is 10.6 Å². The summed E-state index contributed by atoms with van der Waals surface area (Å²) in [7, 11) is -3.74. The van der Waals surface area contributed by atoms with Gasteiger partial charge < -0.3 is 10.6 Å². The molecule has 0 heterocycles. The Bertz CT molecular complexity index is 569. The van der Waals surface area contributed by atoms with Crippen molar-refractivity contribution in [3.63, 3.8) is 0 Å². The van der Waals surface area contributed by atoms with Crippen LogP contribution in [0.15, 0.2) is 41.8 Å². The lowest BCUT2D eigenvalue weighted by Crippen LogP contribution is -2.37. The molecule has 104 valence electrons. The first-order valence-corrected chi connectivity index (χ1v) is 7.17. The van der Waals surface area contributed by atoms with E-state index in [1.807, 2.05) is 0 Å². The minimum atomic E-state index is -3.74. The molecule has 0 aromatic heterocycles. The molecule has 1 rings (SSSR count). The van der Waals surface area contributed by atoms with Crippen LogP contribution in [-0.4, -0.2) is 21.0 Å². The molecule has 0 bridgehead atoms. The molecular weight excluding hydrogens is 266 g/mol. The van der Waals surface area contributed by atoms with Gasteiger partial charge in [0.2, 0.25) is 10.0 Å². The third-order valence-corrected chi connectivity index (χ3v) is 3.35. The number of primary sulfonamides is 1. The highest BCUT2D eigenvalue weighted by Gasteiger charge is 2.12. The zero-order valence-corrected chi connectivity index (χ0v) is 11.4. The molecule has 0 aliphatic rings. The first kappa shape index (κ1) is 15.2. The van der Waals surface area contributed by atoms with E-state index in [1.54, 1.807) is 25.1 Å². The minimum absolute atomic E-state index is 0.0187. The van der Waals surface area contributed by atoms with Crippen molar-refractivity contribution in [2.24, 2.45) is 5.14 Å². The fourth-order valence-corrected chi connectivity index (χ4v) is 2.03. The highest BCUT2D eigenvalue weighted by molar-refractivity contribution is 7.89. The largest absolute Gasteiger partial charge is 0.335 e. The van der Waals surface area contributed by atoms with Crippen LogP contribution < -0.4 is 15.8 Å². The standard InChI is InChI=1S/C12H17N3O3S/c1-3-7-14-12(16)15-9(2)10-5-4-6-11(8-10)19(13,17)18/h3-6,8-9H,1,7H2,2H3,(H2,13,17,18)(H2,14,15,16). The third kappa shape index (κ3) is 4.72. The number of carbonyl (C=O) groups is 1. The summed E-state index contributed by atoms with van der Waals surface area (Å²) in [6, 6.07) is 5.44.